The fraction of sp³-hybridized carbons (Fsp3) is 0.333. The van der Waals surface area contributed by atoms with Crippen LogP contribution in [0.25, 0.3) is 10.9 Å². The molecule has 5 nitrogen and oxygen atoms in total. The molecule has 1 fully saturated rings. The third-order valence-electron chi connectivity index (χ3n) is 6.14. The summed E-state index contributed by atoms with van der Waals surface area (Å²) >= 11 is 0. The minimum atomic E-state index is -4.81. The summed E-state index contributed by atoms with van der Waals surface area (Å²) < 4.78 is 97.0. The van der Waals surface area contributed by atoms with Crippen LogP contribution < -0.4 is 10.6 Å². The van der Waals surface area contributed by atoms with Gasteiger partial charge in [0.1, 0.15) is 5.25 Å². The average Bonchev–Trinajstić information content (AvgIpc) is 3.22. The van der Waals surface area contributed by atoms with E-state index in [-0.39, 0.29) is 16.9 Å². The summed E-state index contributed by atoms with van der Waals surface area (Å²) in [6.45, 7) is 4.95. The first-order chi connectivity index (χ1) is 16.6. The van der Waals surface area contributed by atoms with E-state index in [1.165, 1.54) is 18.2 Å². The fourth-order valence-electron chi connectivity index (χ4n) is 4.50. The standard InChI is InChI=1S/C24H24F5N3O2S/c1-2-21(16-6-3-4-7-18(16)24(27,28)29)35(33,34)32-14-17(23(25)26)22-19(8-5-9-20(22)32)31-15-10-12-30-13-11-15/h2-9,14-15,21,23,30-31H,1,10-13H2. The van der Waals surface area contributed by atoms with E-state index in [4.69, 9.17) is 0 Å². The van der Waals surface area contributed by atoms with Gasteiger partial charge >= 0.3 is 6.18 Å². The van der Waals surface area contributed by atoms with Crippen molar-refractivity contribution in [3.05, 3.63) is 78.0 Å². The molecule has 1 saturated heterocycles. The van der Waals surface area contributed by atoms with Crippen molar-refractivity contribution in [2.75, 3.05) is 18.4 Å². The normalized spacial score (nSPS) is 16.5. The minimum absolute atomic E-state index is 0.00640. The Hall–Kier alpha value is -2.92. The Morgan fingerprint density at radius 2 is 1.74 bits per heavy atom. The minimum Gasteiger partial charge on any atom is -0.382 e. The average molecular weight is 514 g/mol. The van der Waals surface area contributed by atoms with Crippen LogP contribution in [0.3, 0.4) is 0 Å². The summed E-state index contributed by atoms with van der Waals surface area (Å²) in [4.78, 5) is 0. The van der Waals surface area contributed by atoms with Crippen LogP contribution >= 0.6 is 0 Å². The van der Waals surface area contributed by atoms with Gasteiger partial charge in [-0.3, -0.25) is 0 Å². The van der Waals surface area contributed by atoms with Crippen LogP contribution in [0.1, 0.15) is 41.2 Å². The number of hydrogen-bond acceptors (Lipinski definition) is 4. The maximum Gasteiger partial charge on any atom is 0.416 e. The van der Waals surface area contributed by atoms with Gasteiger partial charge in [0.05, 0.1) is 11.1 Å². The smallest absolute Gasteiger partial charge is 0.382 e. The largest absolute Gasteiger partial charge is 0.416 e. The van der Waals surface area contributed by atoms with Crippen molar-refractivity contribution >= 4 is 26.6 Å². The molecule has 1 aliphatic rings. The van der Waals surface area contributed by atoms with E-state index < -0.39 is 44.6 Å². The zero-order chi connectivity index (χ0) is 25.4. The molecule has 0 spiro atoms. The van der Waals surface area contributed by atoms with Crippen LogP contribution in [0.15, 0.2) is 61.3 Å². The topological polar surface area (TPSA) is 63.1 Å². The van der Waals surface area contributed by atoms with E-state index in [2.05, 4.69) is 17.2 Å². The molecule has 0 aliphatic carbocycles. The number of fused-ring (bicyclic) bond motifs is 1. The van der Waals surface area contributed by atoms with Gasteiger partial charge in [-0.15, -0.1) is 6.58 Å². The predicted molar refractivity (Wildman–Crippen MR) is 125 cm³/mol. The van der Waals surface area contributed by atoms with Gasteiger partial charge in [-0.1, -0.05) is 30.3 Å². The summed E-state index contributed by atoms with van der Waals surface area (Å²) in [5.74, 6) is 0. The molecular formula is C24H24F5N3O2S. The number of alkyl halides is 5. The molecule has 188 valence electrons. The number of benzene rings is 2. The molecule has 0 saturated carbocycles. The Morgan fingerprint density at radius 1 is 1.06 bits per heavy atom. The molecular weight excluding hydrogens is 489 g/mol. The summed E-state index contributed by atoms with van der Waals surface area (Å²) in [5, 5.41) is 4.65. The first kappa shape index (κ1) is 25.2. The highest BCUT2D eigenvalue weighted by molar-refractivity contribution is 7.90. The van der Waals surface area contributed by atoms with E-state index >= 15 is 0 Å². The van der Waals surface area contributed by atoms with Crippen molar-refractivity contribution in [1.82, 2.24) is 9.29 Å². The molecule has 11 heteroatoms. The van der Waals surface area contributed by atoms with E-state index in [0.717, 1.165) is 56.4 Å². The number of rotatable bonds is 7. The lowest BCUT2D eigenvalue weighted by molar-refractivity contribution is -0.138. The number of nitrogens with zero attached hydrogens (tertiary/aromatic N) is 1. The fourth-order valence-corrected chi connectivity index (χ4v) is 6.21. The lowest BCUT2D eigenvalue weighted by Gasteiger charge is -2.25. The maximum atomic E-state index is 14.1. The van der Waals surface area contributed by atoms with Gasteiger partial charge in [0, 0.05) is 28.9 Å². The zero-order valence-electron chi connectivity index (χ0n) is 18.5. The molecule has 1 unspecified atom stereocenters. The lowest BCUT2D eigenvalue weighted by atomic mass is 10.0. The highest BCUT2D eigenvalue weighted by Gasteiger charge is 2.39. The molecule has 0 radical (unpaired) electrons. The first-order valence-corrected chi connectivity index (χ1v) is 12.5. The number of piperidine rings is 1. The van der Waals surface area contributed by atoms with Crippen LogP contribution in [0.4, 0.5) is 27.6 Å². The lowest BCUT2D eigenvalue weighted by Crippen LogP contribution is -2.35. The second-order valence-electron chi connectivity index (χ2n) is 8.34. The SMILES string of the molecule is C=CC(c1ccccc1C(F)(F)F)S(=O)(=O)n1cc(C(F)F)c2c(NC3CCNCC3)cccc21. The number of anilines is 1. The molecule has 1 aliphatic heterocycles. The van der Waals surface area contributed by atoms with Crippen LogP contribution in [-0.4, -0.2) is 31.5 Å². The molecule has 0 amide bonds. The molecule has 0 bridgehead atoms. The van der Waals surface area contributed by atoms with Crippen molar-refractivity contribution in [2.45, 2.75) is 36.7 Å². The summed E-state index contributed by atoms with van der Waals surface area (Å²) in [5.41, 5.74) is -1.88. The van der Waals surface area contributed by atoms with Crippen LogP contribution in [-0.2, 0) is 16.2 Å². The Kier molecular flexibility index (Phi) is 6.92. The van der Waals surface area contributed by atoms with Gasteiger partial charge in [0.25, 0.3) is 6.43 Å². The van der Waals surface area contributed by atoms with E-state index in [9.17, 15) is 30.4 Å². The molecule has 2 heterocycles. The zero-order valence-corrected chi connectivity index (χ0v) is 19.3. The number of nitrogens with one attached hydrogen (secondary N) is 2. The van der Waals surface area contributed by atoms with Crippen molar-refractivity contribution in [1.29, 1.82) is 0 Å². The second kappa shape index (κ2) is 9.62. The highest BCUT2D eigenvalue weighted by Crippen LogP contribution is 2.41. The number of hydrogen-bond donors (Lipinski definition) is 2. The third-order valence-corrected chi connectivity index (χ3v) is 8.08. The van der Waals surface area contributed by atoms with Gasteiger partial charge < -0.3 is 10.6 Å². The summed E-state index contributed by atoms with van der Waals surface area (Å²) in [7, 11) is -4.65. The van der Waals surface area contributed by atoms with Crippen molar-refractivity contribution in [3.8, 4) is 0 Å². The Labute approximate surface area is 199 Å². The van der Waals surface area contributed by atoms with Gasteiger partial charge in [-0.25, -0.2) is 21.2 Å². The highest BCUT2D eigenvalue weighted by atomic mass is 32.2. The molecule has 2 N–H and O–H groups in total. The number of halogens is 5. The van der Waals surface area contributed by atoms with E-state index in [1.54, 1.807) is 6.07 Å². The summed E-state index contributed by atoms with van der Waals surface area (Å²) in [6.07, 6.45) is -4.63. The van der Waals surface area contributed by atoms with Gasteiger partial charge in [-0.2, -0.15) is 13.2 Å². The third kappa shape index (κ3) is 4.79. The van der Waals surface area contributed by atoms with Gasteiger partial charge in [-0.05, 0) is 49.7 Å². The van der Waals surface area contributed by atoms with Crippen molar-refractivity contribution < 1.29 is 30.4 Å². The van der Waals surface area contributed by atoms with Crippen molar-refractivity contribution in [2.24, 2.45) is 0 Å². The van der Waals surface area contributed by atoms with Gasteiger partial charge in [0.15, 0.2) is 0 Å². The molecule has 3 aromatic rings. The van der Waals surface area contributed by atoms with Crippen LogP contribution in [0, 0.1) is 0 Å². The Morgan fingerprint density at radius 3 is 2.37 bits per heavy atom. The van der Waals surface area contributed by atoms with Gasteiger partial charge in [0.2, 0.25) is 10.0 Å². The quantitative estimate of drug-likeness (QED) is 0.307. The molecule has 4 rings (SSSR count). The van der Waals surface area contributed by atoms with Crippen LogP contribution in [0.2, 0.25) is 0 Å². The van der Waals surface area contributed by atoms with E-state index in [0.29, 0.717) is 9.66 Å². The van der Waals surface area contributed by atoms with Crippen LogP contribution in [0.5, 0.6) is 0 Å². The Balaban J connectivity index is 1.88. The first-order valence-electron chi connectivity index (χ1n) is 11.0. The maximum absolute atomic E-state index is 14.1. The predicted octanol–water partition coefficient (Wildman–Crippen LogP) is 5.87. The molecule has 35 heavy (non-hydrogen) atoms. The molecule has 1 aromatic heterocycles. The molecule has 2 aromatic carbocycles. The summed E-state index contributed by atoms with van der Waals surface area (Å²) in [6, 6.07) is 8.76. The number of aromatic nitrogens is 1. The monoisotopic (exact) mass is 513 g/mol. The van der Waals surface area contributed by atoms with Crippen molar-refractivity contribution in [3.63, 3.8) is 0 Å². The molecule has 1 atom stereocenters. The Bertz CT molecular complexity index is 1330. The van der Waals surface area contributed by atoms with E-state index in [1.807, 2.05) is 0 Å². The second-order valence-corrected chi connectivity index (χ2v) is 10.3.